The molecule has 2 amide bonds. The molecule has 0 spiro atoms. The number of carboxylic acids is 1. The topological polar surface area (TPSA) is 94.6 Å². The van der Waals surface area contributed by atoms with Gasteiger partial charge in [-0.2, -0.15) is 0 Å². The van der Waals surface area contributed by atoms with Crippen molar-refractivity contribution in [2.24, 2.45) is 0 Å². The van der Waals surface area contributed by atoms with E-state index >= 15 is 0 Å². The number of carbonyl (C=O) groups excluding carboxylic acids is 1. The monoisotopic (exact) mass is 292 g/mol. The van der Waals surface area contributed by atoms with E-state index in [9.17, 15) is 9.59 Å². The van der Waals surface area contributed by atoms with Crippen LogP contribution in [0.25, 0.3) is 0 Å². The molecule has 1 saturated heterocycles. The van der Waals surface area contributed by atoms with E-state index in [1.165, 1.54) is 31.3 Å². The summed E-state index contributed by atoms with van der Waals surface area (Å²) in [6.07, 6.45) is 6.08. The van der Waals surface area contributed by atoms with Gasteiger partial charge in [0.1, 0.15) is 0 Å². The van der Waals surface area contributed by atoms with Crippen LogP contribution in [0.2, 0.25) is 0 Å². The lowest BCUT2D eigenvalue weighted by Crippen LogP contribution is -2.32. The molecule has 0 atom stereocenters. The molecule has 2 heterocycles. The summed E-state index contributed by atoms with van der Waals surface area (Å²) in [5.41, 5.74) is 0.411. The zero-order valence-corrected chi connectivity index (χ0v) is 11.8. The Kier molecular flexibility index (Phi) is 5.51. The van der Waals surface area contributed by atoms with Gasteiger partial charge in [-0.1, -0.05) is 0 Å². The van der Waals surface area contributed by atoms with Crippen molar-refractivity contribution in [2.45, 2.75) is 19.3 Å². The first-order chi connectivity index (χ1) is 10.1. The van der Waals surface area contributed by atoms with Crippen molar-refractivity contribution in [1.82, 2.24) is 15.2 Å². The summed E-state index contributed by atoms with van der Waals surface area (Å²) < 4.78 is 0. The quantitative estimate of drug-likeness (QED) is 0.689. The smallest absolute Gasteiger partial charge is 0.337 e. The molecular formula is C14H20N4O3. The van der Waals surface area contributed by atoms with Crippen LogP contribution in [0, 0.1) is 0 Å². The van der Waals surface area contributed by atoms with E-state index in [0.29, 0.717) is 12.2 Å². The second-order valence-corrected chi connectivity index (χ2v) is 5.05. The number of hydrogen-bond acceptors (Lipinski definition) is 4. The summed E-state index contributed by atoms with van der Waals surface area (Å²) in [6.45, 7) is 3.89. The van der Waals surface area contributed by atoms with Gasteiger partial charge in [0.15, 0.2) is 0 Å². The van der Waals surface area contributed by atoms with E-state index in [-0.39, 0.29) is 11.6 Å². The second kappa shape index (κ2) is 7.58. The number of anilines is 1. The standard InChI is InChI=1S/C14H20N4O3/c19-13(20)11-8-12(10-15-9-11)17-14(21)16-4-3-7-18-5-1-2-6-18/h8-10H,1-7H2,(H,19,20)(H2,16,17,21). The average Bonchev–Trinajstić information content (AvgIpc) is 2.97. The number of aromatic carboxylic acids is 1. The predicted molar refractivity (Wildman–Crippen MR) is 78.5 cm³/mol. The lowest BCUT2D eigenvalue weighted by Gasteiger charge is -2.14. The first kappa shape index (κ1) is 15.2. The Morgan fingerprint density at radius 1 is 1.29 bits per heavy atom. The molecule has 1 aromatic rings. The summed E-state index contributed by atoms with van der Waals surface area (Å²) in [5, 5.41) is 14.2. The minimum Gasteiger partial charge on any atom is -0.478 e. The predicted octanol–water partition coefficient (Wildman–Crippen LogP) is 1.39. The van der Waals surface area contributed by atoms with Crippen LogP contribution in [0.3, 0.4) is 0 Å². The highest BCUT2D eigenvalue weighted by molar-refractivity contribution is 5.92. The van der Waals surface area contributed by atoms with Gasteiger partial charge in [0.2, 0.25) is 0 Å². The molecule has 0 aromatic carbocycles. The maximum Gasteiger partial charge on any atom is 0.337 e. The first-order valence-electron chi connectivity index (χ1n) is 7.11. The fourth-order valence-electron chi connectivity index (χ4n) is 2.31. The minimum atomic E-state index is -1.07. The van der Waals surface area contributed by atoms with E-state index in [0.717, 1.165) is 26.1 Å². The highest BCUT2D eigenvalue weighted by atomic mass is 16.4. The SMILES string of the molecule is O=C(NCCCN1CCCC1)Nc1cncc(C(=O)O)c1. The third-order valence-corrected chi connectivity index (χ3v) is 3.38. The maximum absolute atomic E-state index is 11.7. The van der Waals surface area contributed by atoms with Crippen LogP contribution in [0.1, 0.15) is 29.6 Å². The Balaban J connectivity index is 1.69. The third-order valence-electron chi connectivity index (χ3n) is 3.38. The number of pyridine rings is 1. The van der Waals surface area contributed by atoms with E-state index in [2.05, 4.69) is 20.5 Å². The molecule has 1 aliphatic heterocycles. The molecule has 0 bridgehead atoms. The first-order valence-corrected chi connectivity index (χ1v) is 7.11. The highest BCUT2D eigenvalue weighted by Crippen LogP contribution is 2.08. The molecule has 0 saturated carbocycles. The van der Waals surface area contributed by atoms with Gasteiger partial charge in [-0.05, 0) is 45.0 Å². The fourth-order valence-corrected chi connectivity index (χ4v) is 2.31. The molecule has 0 aliphatic carbocycles. The Morgan fingerprint density at radius 2 is 2.05 bits per heavy atom. The zero-order chi connectivity index (χ0) is 15.1. The van der Waals surface area contributed by atoms with E-state index in [1.54, 1.807) is 0 Å². The van der Waals surface area contributed by atoms with Gasteiger partial charge in [0.05, 0.1) is 17.4 Å². The molecule has 0 radical (unpaired) electrons. The van der Waals surface area contributed by atoms with Crippen molar-refractivity contribution in [3.63, 3.8) is 0 Å². The van der Waals surface area contributed by atoms with Crippen molar-refractivity contribution < 1.29 is 14.7 Å². The average molecular weight is 292 g/mol. The van der Waals surface area contributed by atoms with Crippen LogP contribution >= 0.6 is 0 Å². The van der Waals surface area contributed by atoms with Crippen LogP contribution < -0.4 is 10.6 Å². The minimum absolute atomic E-state index is 0.0434. The maximum atomic E-state index is 11.7. The number of rotatable bonds is 6. The number of urea groups is 1. The van der Waals surface area contributed by atoms with Crippen LogP contribution in [0.15, 0.2) is 18.5 Å². The van der Waals surface area contributed by atoms with Crippen molar-refractivity contribution in [1.29, 1.82) is 0 Å². The molecule has 114 valence electrons. The Bertz CT molecular complexity index is 501. The van der Waals surface area contributed by atoms with Gasteiger partial charge >= 0.3 is 12.0 Å². The Hall–Kier alpha value is -2.15. The van der Waals surface area contributed by atoms with Crippen molar-refractivity contribution in [2.75, 3.05) is 31.5 Å². The van der Waals surface area contributed by atoms with Gasteiger partial charge < -0.3 is 20.6 Å². The molecule has 0 unspecified atom stereocenters. The molecule has 1 fully saturated rings. The Morgan fingerprint density at radius 3 is 2.76 bits per heavy atom. The van der Waals surface area contributed by atoms with E-state index in [4.69, 9.17) is 5.11 Å². The van der Waals surface area contributed by atoms with E-state index < -0.39 is 5.97 Å². The molecule has 3 N–H and O–H groups in total. The van der Waals surface area contributed by atoms with Crippen LogP contribution in [-0.4, -0.2) is 53.2 Å². The number of nitrogens with one attached hydrogen (secondary N) is 2. The molecule has 2 rings (SSSR count). The summed E-state index contributed by atoms with van der Waals surface area (Å²) in [6, 6.07) is 1.03. The molecular weight excluding hydrogens is 272 g/mol. The number of amides is 2. The molecule has 21 heavy (non-hydrogen) atoms. The van der Waals surface area contributed by atoms with Gasteiger partial charge in [0.25, 0.3) is 0 Å². The molecule has 1 aliphatic rings. The summed E-state index contributed by atoms with van der Waals surface area (Å²) in [5.74, 6) is -1.07. The molecule has 7 nitrogen and oxygen atoms in total. The van der Waals surface area contributed by atoms with Crippen LogP contribution in [-0.2, 0) is 0 Å². The summed E-state index contributed by atoms with van der Waals surface area (Å²) in [4.78, 5) is 28.6. The fraction of sp³-hybridized carbons (Fsp3) is 0.500. The van der Waals surface area contributed by atoms with Gasteiger partial charge in [0, 0.05) is 12.7 Å². The van der Waals surface area contributed by atoms with Gasteiger partial charge in [-0.3, -0.25) is 4.98 Å². The normalized spacial score (nSPS) is 14.9. The lowest BCUT2D eigenvalue weighted by molar-refractivity contribution is 0.0696. The second-order valence-electron chi connectivity index (χ2n) is 5.05. The summed E-state index contributed by atoms with van der Waals surface area (Å²) >= 11 is 0. The number of carbonyl (C=O) groups is 2. The third kappa shape index (κ3) is 5.03. The van der Waals surface area contributed by atoms with Crippen LogP contribution in [0.5, 0.6) is 0 Å². The number of likely N-dealkylation sites (tertiary alicyclic amines) is 1. The van der Waals surface area contributed by atoms with Crippen LogP contribution in [0.4, 0.5) is 10.5 Å². The highest BCUT2D eigenvalue weighted by Gasteiger charge is 2.10. The largest absolute Gasteiger partial charge is 0.478 e. The number of aromatic nitrogens is 1. The molecule has 1 aromatic heterocycles. The summed E-state index contributed by atoms with van der Waals surface area (Å²) in [7, 11) is 0. The number of hydrogen-bond donors (Lipinski definition) is 3. The number of nitrogens with zero attached hydrogens (tertiary/aromatic N) is 2. The zero-order valence-electron chi connectivity index (χ0n) is 11.8. The lowest BCUT2D eigenvalue weighted by atomic mass is 10.2. The molecule has 7 heteroatoms. The number of carboxylic acid groups (broad SMARTS) is 1. The van der Waals surface area contributed by atoms with E-state index in [1.807, 2.05) is 0 Å². The van der Waals surface area contributed by atoms with Crippen molar-refractivity contribution in [3.8, 4) is 0 Å². The van der Waals surface area contributed by atoms with Gasteiger partial charge in [-0.25, -0.2) is 9.59 Å². The van der Waals surface area contributed by atoms with Gasteiger partial charge in [-0.15, -0.1) is 0 Å². The van der Waals surface area contributed by atoms with Crippen molar-refractivity contribution in [3.05, 3.63) is 24.0 Å². The Labute approximate surface area is 123 Å². The van der Waals surface area contributed by atoms with Crippen molar-refractivity contribution >= 4 is 17.7 Å².